The lowest BCUT2D eigenvalue weighted by atomic mass is 10.1. The van der Waals surface area contributed by atoms with Crippen molar-refractivity contribution in [1.29, 1.82) is 0 Å². The van der Waals surface area contributed by atoms with Gasteiger partial charge < -0.3 is 24.4 Å². The summed E-state index contributed by atoms with van der Waals surface area (Å²) in [6.07, 6.45) is 1.61. The summed E-state index contributed by atoms with van der Waals surface area (Å²) in [6.45, 7) is 1.89. The van der Waals surface area contributed by atoms with Gasteiger partial charge in [0.25, 0.3) is 0 Å². The van der Waals surface area contributed by atoms with E-state index in [1.807, 2.05) is 36.4 Å². The van der Waals surface area contributed by atoms with Crippen molar-refractivity contribution in [3.63, 3.8) is 0 Å². The number of methoxy groups -OCH3 is 3. The largest absolute Gasteiger partial charge is 0.493 e. The van der Waals surface area contributed by atoms with Crippen molar-refractivity contribution in [3.05, 3.63) is 48.0 Å². The van der Waals surface area contributed by atoms with Crippen LogP contribution in [0.15, 0.2) is 42.5 Å². The highest BCUT2D eigenvalue weighted by Gasteiger charge is 2.22. The standard InChI is InChI=1S/C21H26N2O4/c1-25-18-10-11-23(14-18)17-7-5-16(6-8-17)22-21(24)13-15-4-9-19(26-2)20(12-15)27-3/h4-9,12,18H,10-11,13-14H2,1-3H3,(H,22,24). The number of rotatable bonds is 7. The highest BCUT2D eigenvalue weighted by Crippen LogP contribution is 2.28. The number of hydrogen-bond acceptors (Lipinski definition) is 5. The normalized spacial score (nSPS) is 16.3. The van der Waals surface area contributed by atoms with Crippen molar-refractivity contribution in [2.45, 2.75) is 18.9 Å². The predicted octanol–water partition coefficient (Wildman–Crippen LogP) is 3.11. The van der Waals surface area contributed by atoms with Gasteiger partial charge in [-0.3, -0.25) is 4.79 Å². The molecule has 0 spiro atoms. The van der Waals surface area contributed by atoms with Crippen LogP contribution in [0.25, 0.3) is 0 Å². The van der Waals surface area contributed by atoms with Gasteiger partial charge in [0.1, 0.15) is 0 Å². The van der Waals surface area contributed by atoms with E-state index in [0.717, 1.165) is 36.4 Å². The van der Waals surface area contributed by atoms with Crippen molar-refractivity contribution in [2.24, 2.45) is 0 Å². The monoisotopic (exact) mass is 370 g/mol. The summed E-state index contributed by atoms with van der Waals surface area (Å²) >= 11 is 0. The number of ether oxygens (including phenoxy) is 3. The Balaban J connectivity index is 1.58. The molecule has 1 amide bonds. The first-order valence-corrected chi connectivity index (χ1v) is 9.01. The molecule has 0 radical (unpaired) electrons. The number of nitrogens with one attached hydrogen (secondary N) is 1. The zero-order valence-corrected chi connectivity index (χ0v) is 16.0. The zero-order valence-electron chi connectivity index (χ0n) is 16.0. The van der Waals surface area contributed by atoms with E-state index in [4.69, 9.17) is 14.2 Å². The molecule has 0 saturated carbocycles. The van der Waals surface area contributed by atoms with Crippen LogP contribution in [-0.4, -0.2) is 46.4 Å². The van der Waals surface area contributed by atoms with Crippen molar-refractivity contribution < 1.29 is 19.0 Å². The molecule has 2 aromatic carbocycles. The molecule has 1 N–H and O–H groups in total. The van der Waals surface area contributed by atoms with Gasteiger partial charge in [-0.1, -0.05) is 6.07 Å². The molecular formula is C21H26N2O4. The van der Waals surface area contributed by atoms with Crippen molar-refractivity contribution in [3.8, 4) is 11.5 Å². The van der Waals surface area contributed by atoms with Gasteiger partial charge in [0, 0.05) is 31.6 Å². The average Bonchev–Trinajstić information content (AvgIpc) is 3.17. The van der Waals surface area contributed by atoms with E-state index in [1.54, 1.807) is 27.4 Å². The van der Waals surface area contributed by atoms with Crippen LogP contribution in [0.4, 0.5) is 11.4 Å². The minimum Gasteiger partial charge on any atom is -0.493 e. The highest BCUT2D eigenvalue weighted by molar-refractivity contribution is 5.92. The second-order valence-corrected chi connectivity index (χ2v) is 6.55. The van der Waals surface area contributed by atoms with Crippen LogP contribution in [-0.2, 0) is 16.0 Å². The van der Waals surface area contributed by atoms with Gasteiger partial charge in [0.15, 0.2) is 11.5 Å². The number of hydrogen-bond donors (Lipinski definition) is 1. The van der Waals surface area contributed by atoms with E-state index in [1.165, 1.54) is 0 Å². The Bertz CT molecular complexity index is 776. The van der Waals surface area contributed by atoms with E-state index in [0.29, 0.717) is 17.6 Å². The molecule has 0 bridgehead atoms. The molecule has 1 atom stereocenters. The predicted molar refractivity (Wildman–Crippen MR) is 106 cm³/mol. The van der Waals surface area contributed by atoms with E-state index in [-0.39, 0.29) is 12.3 Å². The molecule has 1 saturated heterocycles. The molecule has 27 heavy (non-hydrogen) atoms. The molecule has 6 nitrogen and oxygen atoms in total. The summed E-state index contributed by atoms with van der Waals surface area (Å²) in [6, 6.07) is 13.4. The first kappa shape index (κ1) is 19.0. The summed E-state index contributed by atoms with van der Waals surface area (Å²) in [5.74, 6) is 1.19. The topological polar surface area (TPSA) is 60.0 Å². The summed E-state index contributed by atoms with van der Waals surface area (Å²) < 4.78 is 15.9. The maximum Gasteiger partial charge on any atom is 0.228 e. The molecule has 1 aliphatic rings. The van der Waals surface area contributed by atoms with E-state index < -0.39 is 0 Å². The summed E-state index contributed by atoms with van der Waals surface area (Å²) in [5, 5.41) is 2.94. The van der Waals surface area contributed by atoms with Gasteiger partial charge in [-0.05, 0) is 48.4 Å². The Morgan fingerprint density at radius 3 is 2.44 bits per heavy atom. The van der Waals surface area contributed by atoms with Gasteiger partial charge in [-0.2, -0.15) is 0 Å². The molecule has 144 valence electrons. The van der Waals surface area contributed by atoms with Crippen LogP contribution >= 0.6 is 0 Å². The fourth-order valence-electron chi connectivity index (χ4n) is 3.29. The smallest absolute Gasteiger partial charge is 0.228 e. The van der Waals surface area contributed by atoms with Gasteiger partial charge in [0.05, 0.1) is 26.7 Å². The van der Waals surface area contributed by atoms with Gasteiger partial charge in [0.2, 0.25) is 5.91 Å². The van der Waals surface area contributed by atoms with Crippen LogP contribution in [0.3, 0.4) is 0 Å². The van der Waals surface area contributed by atoms with E-state index in [9.17, 15) is 4.79 Å². The number of anilines is 2. The molecular weight excluding hydrogens is 344 g/mol. The van der Waals surface area contributed by atoms with Crippen LogP contribution in [0.5, 0.6) is 11.5 Å². The molecule has 0 aromatic heterocycles. The van der Waals surface area contributed by atoms with Gasteiger partial charge >= 0.3 is 0 Å². The Morgan fingerprint density at radius 2 is 1.81 bits per heavy atom. The summed E-state index contributed by atoms with van der Waals surface area (Å²) in [4.78, 5) is 14.6. The number of carbonyl (C=O) groups excluding carboxylic acids is 1. The zero-order chi connectivity index (χ0) is 19.2. The SMILES string of the molecule is COc1ccc(CC(=O)Nc2ccc(N3CCC(OC)C3)cc2)cc1OC. The third-order valence-corrected chi connectivity index (χ3v) is 4.81. The second kappa shape index (κ2) is 8.77. The Hall–Kier alpha value is -2.73. The quantitative estimate of drug-likeness (QED) is 0.812. The van der Waals surface area contributed by atoms with Gasteiger partial charge in [-0.25, -0.2) is 0 Å². The maximum absolute atomic E-state index is 12.3. The fourth-order valence-corrected chi connectivity index (χ4v) is 3.29. The fraction of sp³-hybridized carbons (Fsp3) is 0.381. The van der Waals surface area contributed by atoms with Crippen molar-refractivity contribution in [1.82, 2.24) is 0 Å². The van der Waals surface area contributed by atoms with Crippen LogP contribution in [0.1, 0.15) is 12.0 Å². The van der Waals surface area contributed by atoms with Crippen LogP contribution in [0, 0.1) is 0 Å². The van der Waals surface area contributed by atoms with Gasteiger partial charge in [-0.15, -0.1) is 0 Å². The first-order valence-electron chi connectivity index (χ1n) is 9.01. The lowest BCUT2D eigenvalue weighted by Gasteiger charge is -2.18. The average molecular weight is 370 g/mol. The third-order valence-electron chi connectivity index (χ3n) is 4.81. The Kier molecular flexibility index (Phi) is 6.19. The van der Waals surface area contributed by atoms with Crippen LogP contribution < -0.4 is 19.7 Å². The number of carbonyl (C=O) groups is 1. The minimum atomic E-state index is -0.0735. The summed E-state index contributed by atoms with van der Waals surface area (Å²) in [5.41, 5.74) is 2.79. The Labute approximate surface area is 160 Å². The molecule has 2 aromatic rings. The lowest BCUT2D eigenvalue weighted by Crippen LogP contribution is -2.22. The van der Waals surface area contributed by atoms with Crippen molar-refractivity contribution in [2.75, 3.05) is 44.6 Å². The molecule has 1 heterocycles. The molecule has 1 fully saturated rings. The molecule has 3 rings (SSSR count). The van der Waals surface area contributed by atoms with Crippen molar-refractivity contribution >= 4 is 17.3 Å². The third kappa shape index (κ3) is 4.71. The maximum atomic E-state index is 12.3. The summed E-state index contributed by atoms with van der Waals surface area (Å²) in [7, 11) is 4.93. The first-order chi connectivity index (χ1) is 13.1. The number of benzene rings is 2. The Morgan fingerprint density at radius 1 is 1.07 bits per heavy atom. The molecule has 6 heteroatoms. The number of nitrogens with zero attached hydrogens (tertiary/aromatic N) is 1. The minimum absolute atomic E-state index is 0.0735. The highest BCUT2D eigenvalue weighted by atomic mass is 16.5. The number of amides is 1. The second-order valence-electron chi connectivity index (χ2n) is 6.55. The molecule has 1 unspecified atom stereocenters. The van der Waals surface area contributed by atoms with E-state index in [2.05, 4.69) is 10.2 Å². The molecule has 0 aliphatic carbocycles. The van der Waals surface area contributed by atoms with E-state index >= 15 is 0 Å². The van der Waals surface area contributed by atoms with Crippen LogP contribution in [0.2, 0.25) is 0 Å². The molecule has 1 aliphatic heterocycles. The lowest BCUT2D eigenvalue weighted by molar-refractivity contribution is -0.115.